The molecule has 158 valence electrons. The molecule has 31 heavy (non-hydrogen) atoms. The largest absolute Gasteiger partial charge is 0.395 e. The highest BCUT2D eigenvalue weighted by atomic mass is 19.1. The number of nitrogens with zero attached hydrogens (tertiary/aromatic N) is 5. The Morgan fingerprint density at radius 2 is 2.10 bits per heavy atom. The molecule has 1 amide bonds. The van der Waals surface area contributed by atoms with E-state index in [1.807, 2.05) is 22.9 Å². The number of carbonyl (C=O) groups excluding carboxylic acids is 1. The first-order valence-electron chi connectivity index (χ1n) is 10.2. The topological polar surface area (TPSA) is 97.3 Å². The Hall–Kier alpha value is -3.59. The van der Waals surface area contributed by atoms with Gasteiger partial charge in [-0.05, 0) is 50.5 Å². The maximum atomic E-state index is 13.8. The monoisotopic (exact) mass is 420 g/mol. The molecule has 0 aliphatic heterocycles. The summed E-state index contributed by atoms with van der Waals surface area (Å²) in [6, 6.07) is 6.81. The van der Waals surface area contributed by atoms with Crippen molar-refractivity contribution in [3.8, 4) is 17.2 Å². The van der Waals surface area contributed by atoms with Crippen molar-refractivity contribution in [2.75, 3.05) is 13.2 Å². The van der Waals surface area contributed by atoms with E-state index in [0.717, 1.165) is 36.3 Å². The molecule has 9 heteroatoms. The fraction of sp³-hybridized carbons (Fsp3) is 0.273. The number of imidazole rings is 2. The van der Waals surface area contributed by atoms with Crippen LogP contribution < -0.4 is 5.32 Å². The van der Waals surface area contributed by atoms with E-state index in [9.17, 15) is 9.18 Å². The fourth-order valence-electron chi connectivity index (χ4n) is 4.03. The van der Waals surface area contributed by atoms with Gasteiger partial charge >= 0.3 is 0 Å². The summed E-state index contributed by atoms with van der Waals surface area (Å²) in [6.07, 6.45) is 6.15. The molecule has 0 fully saturated rings. The molecular weight excluding hydrogens is 399 g/mol. The normalized spacial score (nSPS) is 13.0. The second-order valence-corrected chi connectivity index (χ2v) is 7.52. The molecule has 1 aliphatic rings. The van der Waals surface area contributed by atoms with Crippen LogP contribution in [0, 0.1) is 12.7 Å². The Morgan fingerprint density at radius 3 is 2.90 bits per heavy atom. The van der Waals surface area contributed by atoms with E-state index in [2.05, 4.69) is 15.3 Å². The Bertz CT molecular complexity index is 1310. The first-order chi connectivity index (χ1) is 15.1. The van der Waals surface area contributed by atoms with Crippen molar-refractivity contribution < 1.29 is 14.3 Å². The molecule has 5 rings (SSSR count). The second-order valence-electron chi connectivity index (χ2n) is 7.52. The zero-order valence-electron chi connectivity index (χ0n) is 17.0. The first kappa shape index (κ1) is 19.4. The van der Waals surface area contributed by atoms with Crippen LogP contribution in [0.2, 0.25) is 0 Å². The summed E-state index contributed by atoms with van der Waals surface area (Å²) < 4.78 is 17.6. The molecule has 4 heterocycles. The highest BCUT2D eigenvalue weighted by Gasteiger charge is 2.25. The van der Waals surface area contributed by atoms with Crippen LogP contribution in [0.15, 0.2) is 36.7 Å². The van der Waals surface area contributed by atoms with Gasteiger partial charge in [-0.15, -0.1) is 0 Å². The number of amides is 1. The minimum absolute atomic E-state index is 0.137. The number of aryl methyl sites for hydroxylation is 2. The zero-order chi connectivity index (χ0) is 21.5. The quantitative estimate of drug-likeness (QED) is 0.516. The Balaban J connectivity index is 1.66. The summed E-state index contributed by atoms with van der Waals surface area (Å²) in [5, 5.41) is 11.6. The molecule has 0 saturated carbocycles. The highest BCUT2D eigenvalue weighted by Crippen LogP contribution is 2.31. The highest BCUT2D eigenvalue weighted by molar-refractivity contribution is 5.93. The van der Waals surface area contributed by atoms with E-state index in [1.165, 1.54) is 12.3 Å². The number of fused-ring (bicyclic) bond motifs is 2. The van der Waals surface area contributed by atoms with Gasteiger partial charge in [-0.3, -0.25) is 13.8 Å². The molecule has 0 atom stereocenters. The Kier molecular flexibility index (Phi) is 4.74. The van der Waals surface area contributed by atoms with Gasteiger partial charge < -0.3 is 10.4 Å². The van der Waals surface area contributed by atoms with Gasteiger partial charge in [0.15, 0.2) is 5.82 Å². The number of aliphatic hydroxyl groups is 1. The van der Waals surface area contributed by atoms with Gasteiger partial charge in [0.05, 0.1) is 29.9 Å². The van der Waals surface area contributed by atoms with Crippen LogP contribution in [0.5, 0.6) is 0 Å². The molecule has 1 aliphatic carbocycles. The number of rotatable bonds is 5. The molecular formula is C22H21FN6O2. The average molecular weight is 420 g/mol. The second kappa shape index (κ2) is 7.59. The number of halogens is 1. The number of hydrogen-bond acceptors (Lipinski definition) is 5. The Morgan fingerprint density at radius 1 is 1.23 bits per heavy atom. The van der Waals surface area contributed by atoms with Crippen LogP contribution in [0.4, 0.5) is 4.39 Å². The molecule has 2 N–H and O–H groups in total. The molecule has 0 spiro atoms. The van der Waals surface area contributed by atoms with E-state index >= 15 is 0 Å². The lowest BCUT2D eigenvalue weighted by Gasteiger charge is -2.13. The van der Waals surface area contributed by atoms with Crippen LogP contribution >= 0.6 is 0 Å². The number of carbonyl (C=O) groups is 1. The van der Waals surface area contributed by atoms with Crippen molar-refractivity contribution in [3.05, 3.63) is 65.3 Å². The lowest BCUT2D eigenvalue weighted by atomic mass is 10.2. The van der Waals surface area contributed by atoms with E-state index in [0.29, 0.717) is 28.6 Å². The van der Waals surface area contributed by atoms with Crippen LogP contribution in [-0.4, -0.2) is 48.1 Å². The van der Waals surface area contributed by atoms with Gasteiger partial charge in [-0.2, -0.15) is 0 Å². The number of pyridine rings is 2. The van der Waals surface area contributed by atoms with Crippen molar-refractivity contribution in [2.24, 2.45) is 0 Å². The third-order valence-electron chi connectivity index (χ3n) is 5.51. The number of hydrogen-bond donors (Lipinski definition) is 2. The van der Waals surface area contributed by atoms with Crippen LogP contribution in [-0.2, 0) is 12.8 Å². The summed E-state index contributed by atoms with van der Waals surface area (Å²) in [7, 11) is 0. The standard InChI is InChI=1S/C22H21FN6O2/c1-13-15(23)6-7-17(26-13)21-27-16-3-2-4-18(16)29(21)14-5-8-20-25-11-19(28(20)12-14)22(31)24-9-10-30/h5-8,11-12,30H,2-4,9-10H2,1H3,(H,24,31). The number of nitrogens with one attached hydrogen (secondary N) is 1. The summed E-state index contributed by atoms with van der Waals surface area (Å²) in [5.74, 6) is -0.0167. The van der Waals surface area contributed by atoms with Crippen molar-refractivity contribution in [2.45, 2.75) is 26.2 Å². The minimum atomic E-state index is -0.354. The molecule has 0 saturated heterocycles. The first-order valence-corrected chi connectivity index (χ1v) is 10.2. The average Bonchev–Trinajstić information content (AvgIpc) is 3.47. The van der Waals surface area contributed by atoms with Crippen molar-refractivity contribution in [1.29, 1.82) is 0 Å². The van der Waals surface area contributed by atoms with Gasteiger partial charge in [0, 0.05) is 18.4 Å². The lowest BCUT2D eigenvalue weighted by molar-refractivity contribution is 0.0939. The number of aliphatic hydroxyl groups excluding tert-OH is 1. The molecule has 0 unspecified atom stereocenters. The van der Waals surface area contributed by atoms with E-state index in [1.54, 1.807) is 17.4 Å². The molecule has 0 bridgehead atoms. The Labute approximate surface area is 177 Å². The predicted molar refractivity (Wildman–Crippen MR) is 112 cm³/mol. The zero-order valence-corrected chi connectivity index (χ0v) is 17.0. The van der Waals surface area contributed by atoms with Gasteiger partial charge in [0.2, 0.25) is 0 Å². The minimum Gasteiger partial charge on any atom is -0.395 e. The fourth-order valence-corrected chi connectivity index (χ4v) is 4.03. The lowest BCUT2D eigenvalue weighted by Crippen LogP contribution is -2.27. The van der Waals surface area contributed by atoms with Gasteiger partial charge in [-0.25, -0.2) is 19.3 Å². The molecule has 0 radical (unpaired) electrons. The molecule has 4 aromatic heterocycles. The SMILES string of the molecule is Cc1nc(-c2nc3c(n2-c2ccc4ncc(C(=O)NCCO)n4c2)CCC3)ccc1F. The van der Waals surface area contributed by atoms with Crippen molar-refractivity contribution in [3.63, 3.8) is 0 Å². The van der Waals surface area contributed by atoms with E-state index in [4.69, 9.17) is 10.1 Å². The maximum Gasteiger partial charge on any atom is 0.270 e. The van der Waals surface area contributed by atoms with E-state index in [-0.39, 0.29) is 24.9 Å². The third kappa shape index (κ3) is 3.27. The maximum absolute atomic E-state index is 13.8. The molecule has 4 aromatic rings. The van der Waals surface area contributed by atoms with Gasteiger partial charge in [0.1, 0.15) is 22.9 Å². The van der Waals surface area contributed by atoms with E-state index < -0.39 is 0 Å². The van der Waals surface area contributed by atoms with Gasteiger partial charge in [-0.1, -0.05) is 0 Å². The van der Waals surface area contributed by atoms with Crippen LogP contribution in [0.25, 0.3) is 22.9 Å². The smallest absolute Gasteiger partial charge is 0.270 e. The van der Waals surface area contributed by atoms with Crippen molar-refractivity contribution in [1.82, 2.24) is 29.2 Å². The predicted octanol–water partition coefficient (Wildman–Crippen LogP) is 2.24. The molecule has 0 aromatic carbocycles. The summed E-state index contributed by atoms with van der Waals surface area (Å²) >= 11 is 0. The number of aromatic nitrogens is 5. The summed E-state index contributed by atoms with van der Waals surface area (Å²) in [5.41, 5.74) is 4.86. The van der Waals surface area contributed by atoms with Crippen LogP contribution in [0.3, 0.4) is 0 Å². The summed E-state index contributed by atoms with van der Waals surface area (Å²) in [4.78, 5) is 26.0. The third-order valence-corrected chi connectivity index (χ3v) is 5.51. The summed E-state index contributed by atoms with van der Waals surface area (Å²) in [6.45, 7) is 1.66. The van der Waals surface area contributed by atoms with Crippen molar-refractivity contribution >= 4 is 11.6 Å². The van der Waals surface area contributed by atoms with Crippen LogP contribution in [0.1, 0.15) is 34.0 Å². The van der Waals surface area contributed by atoms with Gasteiger partial charge in [0.25, 0.3) is 5.91 Å². The molecule has 8 nitrogen and oxygen atoms in total.